The lowest BCUT2D eigenvalue weighted by molar-refractivity contribution is 1.01. The molecule has 1 nitrogen and oxygen atoms in total. The molecule has 0 aliphatic carbocycles. The molecule has 0 aromatic heterocycles. The predicted molar refractivity (Wildman–Crippen MR) is 64.1 cm³/mol. The van der Waals surface area contributed by atoms with Gasteiger partial charge in [-0.1, -0.05) is 40.2 Å². The first-order chi connectivity index (χ1) is 5.83. The summed E-state index contributed by atoms with van der Waals surface area (Å²) in [6.07, 6.45) is 5.11. The average molecular weight is 263 g/mol. The molecule has 0 radical (unpaired) electrons. The molecule has 72 valence electrons. The number of rotatable bonds is 3. The normalized spacial score (nSPS) is 10.0. The molecule has 0 unspecified atom stereocenters. The van der Waals surface area contributed by atoms with Gasteiger partial charge >= 0.3 is 0 Å². The summed E-state index contributed by atoms with van der Waals surface area (Å²) in [5, 5.41) is 0. The molecule has 0 aliphatic rings. The third-order valence-corrected chi connectivity index (χ3v) is 2.04. The van der Waals surface area contributed by atoms with E-state index in [4.69, 9.17) is 5.73 Å². The zero-order valence-corrected chi connectivity index (χ0v) is 9.64. The summed E-state index contributed by atoms with van der Waals surface area (Å²) in [7, 11) is 0. The van der Waals surface area contributed by atoms with Crippen molar-refractivity contribution in [2.75, 3.05) is 6.54 Å². The van der Waals surface area contributed by atoms with E-state index in [9.17, 15) is 0 Å². The van der Waals surface area contributed by atoms with Gasteiger partial charge < -0.3 is 5.73 Å². The third kappa shape index (κ3) is 5.09. The molecule has 0 atom stereocenters. The Hall–Kier alpha value is -0.310. The molecule has 0 saturated heterocycles. The predicted octanol–water partition coefficient (Wildman–Crippen LogP) is 3.23. The number of benzene rings is 1. The van der Waals surface area contributed by atoms with Crippen LogP contribution < -0.4 is 5.73 Å². The number of hydrogen-bond acceptors (Lipinski definition) is 1. The Morgan fingerprint density at radius 2 is 1.85 bits per heavy atom. The van der Waals surface area contributed by atoms with Crippen LogP contribution in [0.3, 0.4) is 0 Å². The van der Waals surface area contributed by atoms with Crippen molar-refractivity contribution in [2.24, 2.45) is 5.73 Å². The molecule has 0 amide bonds. The Labute approximate surface area is 93.6 Å². The summed E-state index contributed by atoms with van der Waals surface area (Å²) < 4.78 is 1.11. The minimum absolute atomic E-state index is 0. The Morgan fingerprint density at radius 1 is 1.23 bits per heavy atom. The quantitative estimate of drug-likeness (QED) is 0.889. The second-order valence-electron chi connectivity index (χ2n) is 2.53. The van der Waals surface area contributed by atoms with Gasteiger partial charge in [0, 0.05) is 4.47 Å². The van der Waals surface area contributed by atoms with Crippen LogP contribution in [0.2, 0.25) is 0 Å². The Bertz CT molecular complexity index is 256. The second-order valence-corrected chi connectivity index (χ2v) is 3.45. The van der Waals surface area contributed by atoms with Crippen molar-refractivity contribution in [3.05, 3.63) is 40.4 Å². The van der Waals surface area contributed by atoms with E-state index < -0.39 is 0 Å². The van der Waals surface area contributed by atoms with Gasteiger partial charge in [-0.2, -0.15) is 0 Å². The minimum atomic E-state index is 0. The lowest BCUT2D eigenvalue weighted by Gasteiger charge is -1.92. The Morgan fingerprint density at radius 3 is 2.38 bits per heavy atom. The summed E-state index contributed by atoms with van der Waals surface area (Å²) in [4.78, 5) is 0. The summed E-state index contributed by atoms with van der Waals surface area (Å²) in [6.45, 7) is 0.715. The molecule has 1 aromatic rings. The molecule has 0 fully saturated rings. The Balaban J connectivity index is 0.00000144. The van der Waals surface area contributed by atoms with Gasteiger partial charge in [-0.15, -0.1) is 12.4 Å². The van der Waals surface area contributed by atoms with Crippen molar-refractivity contribution in [2.45, 2.75) is 6.42 Å². The lowest BCUT2D eigenvalue weighted by atomic mass is 10.2. The maximum Gasteiger partial charge on any atom is 0.0175 e. The van der Waals surface area contributed by atoms with Crippen LogP contribution in [-0.2, 0) is 0 Å². The fourth-order valence-corrected chi connectivity index (χ4v) is 1.15. The van der Waals surface area contributed by atoms with E-state index in [1.807, 2.05) is 12.1 Å². The van der Waals surface area contributed by atoms with E-state index in [1.54, 1.807) is 0 Å². The fourth-order valence-electron chi connectivity index (χ4n) is 0.890. The lowest BCUT2D eigenvalue weighted by Crippen LogP contribution is -1.94. The standard InChI is InChI=1S/C10H12BrN.ClH/c11-10-6-4-9(5-7-10)3-1-2-8-12;/h1,3-7H,2,8,12H2;1H/b3-1+;. The molecule has 13 heavy (non-hydrogen) atoms. The van der Waals surface area contributed by atoms with Crippen molar-refractivity contribution in [1.29, 1.82) is 0 Å². The van der Waals surface area contributed by atoms with Gasteiger partial charge in [-0.3, -0.25) is 0 Å². The molecular formula is C10H13BrClN. The number of nitrogens with two attached hydrogens (primary N) is 1. The molecule has 0 spiro atoms. The topological polar surface area (TPSA) is 26.0 Å². The highest BCUT2D eigenvalue weighted by Crippen LogP contribution is 2.11. The van der Waals surface area contributed by atoms with E-state index in [-0.39, 0.29) is 12.4 Å². The van der Waals surface area contributed by atoms with Crippen LogP contribution in [0.15, 0.2) is 34.8 Å². The molecule has 0 heterocycles. The second kappa shape index (κ2) is 7.13. The highest BCUT2D eigenvalue weighted by Gasteiger charge is 1.85. The van der Waals surface area contributed by atoms with Gasteiger partial charge in [0.2, 0.25) is 0 Å². The van der Waals surface area contributed by atoms with E-state index in [2.05, 4.69) is 40.2 Å². The largest absolute Gasteiger partial charge is 0.330 e. The molecule has 1 rings (SSSR count). The van der Waals surface area contributed by atoms with Gasteiger partial charge in [-0.05, 0) is 30.7 Å². The monoisotopic (exact) mass is 261 g/mol. The van der Waals surface area contributed by atoms with E-state index in [0.29, 0.717) is 6.54 Å². The molecule has 3 heteroatoms. The molecule has 0 bridgehead atoms. The maximum absolute atomic E-state index is 5.36. The maximum atomic E-state index is 5.36. The van der Waals surface area contributed by atoms with Crippen LogP contribution in [0, 0.1) is 0 Å². The first-order valence-electron chi connectivity index (χ1n) is 3.95. The molecule has 0 saturated carbocycles. The van der Waals surface area contributed by atoms with Gasteiger partial charge in [0.25, 0.3) is 0 Å². The average Bonchev–Trinajstić information content (AvgIpc) is 2.09. The zero-order valence-electron chi connectivity index (χ0n) is 7.24. The summed E-state index contributed by atoms with van der Waals surface area (Å²) >= 11 is 3.38. The van der Waals surface area contributed by atoms with Crippen LogP contribution in [0.5, 0.6) is 0 Å². The van der Waals surface area contributed by atoms with Crippen LogP contribution >= 0.6 is 28.3 Å². The van der Waals surface area contributed by atoms with Crippen LogP contribution in [-0.4, -0.2) is 6.54 Å². The van der Waals surface area contributed by atoms with E-state index in [1.165, 1.54) is 5.56 Å². The van der Waals surface area contributed by atoms with E-state index in [0.717, 1.165) is 10.9 Å². The number of halogens is 2. The van der Waals surface area contributed by atoms with Crippen molar-refractivity contribution in [3.63, 3.8) is 0 Å². The zero-order chi connectivity index (χ0) is 8.81. The van der Waals surface area contributed by atoms with Crippen molar-refractivity contribution < 1.29 is 0 Å². The van der Waals surface area contributed by atoms with E-state index >= 15 is 0 Å². The van der Waals surface area contributed by atoms with Gasteiger partial charge in [0.05, 0.1) is 0 Å². The highest BCUT2D eigenvalue weighted by atomic mass is 79.9. The van der Waals surface area contributed by atoms with Crippen LogP contribution in [0.4, 0.5) is 0 Å². The van der Waals surface area contributed by atoms with Crippen molar-refractivity contribution in [3.8, 4) is 0 Å². The third-order valence-electron chi connectivity index (χ3n) is 1.51. The summed E-state index contributed by atoms with van der Waals surface area (Å²) in [5.41, 5.74) is 6.57. The van der Waals surface area contributed by atoms with Gasteiger partial charge in [0.15, 0.2) is 0 Å². The fraction of sp³-hybridized carbons (Fsp3) is 0.200. The highest BCUT2D eigenvalue weighted by molar-refractivity contribution is 9.10. The summed E-state index contributed by atoms with van der Waals surface area (Å²) in [6, 6.07) is 8.19. The SMILES string of the molecule is Cl.NCC/C=C/c1ccc(Br)cc1. The molecule has 2 N–H and O–H groups in total. The smallest absolute Gasteiger partial charge is 0.0175 e. The Kier molecular flexibility index (Phi) is 6.96. The van der Waals surface area contributed by atoms with Crippen molar-refractivity contribution >= 4 is 34.4 Å². The first kappa shape index (κ1) is 12.7. The van der Waals surface area contributed by atoms with Crippen LogP contribution in [0.25, 0.3) is 6.08 Å². The number of hydrogen-bond donors (Lipinski definition) is 1. The van der Waals surface area contributed by atoms with Gasteiger partial charge in [-0.25, -0.2) is 0 Å². The molecule has 0 aliphatic heterocycles. The molecular weight excluding hydrogens is 249 g/mol. The van der Waals surface area contributed by atoms with Crippen LogP contribution in [0.1, 0.15) is 12.0 Å². The minimum Gasteiger partial charge on any atom is -0.330 e. The van der Waals surface area contributed by atoms with Crippen molar-refractivity contribution in [1.82, 2.24) is 0 Å². The van der Waals surface area contributed by atoms with Gasteiger partial charge in [0.1, 0.15) is 0 Å². The molecule has 1 aromatic carbocycles. The first-order valence-corrected chi connectivity index (χ1v) is 4.74. The summed E-state index contributed by atoms with van der Waals surface area (Å²) in [5.74, 6) is 0.